The van der Waals surface area contributed by atoms with E-state index in [1.807, 2.05) is 23.5 Å². The number of hydrogen-bond donors (Lipinski definition) is 1. The van der Waals surface area contributed by atoms with Gasteiger partial charge in [-0.3, -0.25) is 9.25 Å². The lowest BCUT2D eigenvalue weighted by Crippen LogP contribution is -2.17. The van der Waals surface area contributed by atoms with Crippen molar-refractivity contribution in [2.75, 3.05) is 12.0 Å². The Morgan fingerprint density at radius 3 is 2.72 bits per heavy atom. The number of aromatic nitrogens is 4. The first-order valence-corrected chi connectivity index (χ1v) is 7.55. The molecule has 2 aromatic rings. The van der Waals surface area contributed by atoms with Crippen molar-refractivity contribution >= 4 is 28.9 Å². The monoisotopic (exact) mass is 265 g/mol. The maximum atomic E-state index is 6.08. The largest absolute Gasteiger partial charge is 0.369 e. The molecule has 0 amide bonds. The summed E-state index contributed by atoms with van der Waals surface area (Å²) in [4.78, 5) is 4.50. The van der Waals surface area contributed by atoms with Gasteiger partial charge in [-0.05, 0) is 25.5 Å². The second kappa shape index (κ2) is 3.91. The zero-order chi connectivity index (χ0) is 12.9. The quantitative estimate of drug-likeness (QED) is 0.916. The summed E-state index contributed by atoms with van der Waals surface area (Å²) >= 11 is 1.94. The summed E-state index contributed by atoms with van der Waals surface area (Å²) in [5.41, 5.74) is 9.14. The number of nitrogen functional groups attached to an aromatic ring is 1. The van der Waals surface area contributed by atoms with Crippen molar-refractivity contribution in [1.82, 2.24) is 19.3 Å². The van der Waals surface area contributed by atoms with Crippen LogP contribution in [0.2, 0.25) is 0 Å². The third kappa shape index (κ3) is 1.62. The molecule has 0 atom stereocenters. The van der Waals surface area contributed by atoms with Gasteiger partial charge in [-0.15, -0.1) is 0 Å². The Hall–Kier alpha value is -1.17. The molecule has 2 N–H and O–H groups in total. The molecule has 0 aromatic carbocycles. The Bertz CT molecular complexity index is 593. The van der Waals surface area contributed by atoms with E-state index in [4.69, 9.17) is 5.73 Å². The van der Waals surface area contributed by atoms with Crippen LogP contribution in [-0.4, -0.2) is 30.3 Å². The third-order valence-electron chi connectivity index (χ3n) is 3.84. The number of fused-ring (bicyclic) bond motifs is 1. The van der Waals surface area contributed by atoms with E-state index in [-0.39, 0.29) is 0 Å². The lowest BCUT2D eigenvalue weighted by molar-refractivity contribution is 0.652. The van der Waals surface area contributed by atoms with E-state index in [0.717, 1.165) is 29.8 Å². The van der Waals surface area contributed by atoms with Crippen LogP contribution < -0.4 is 5.73 Å². The van der Waals surface area contributed by atoms with Gasteiger partial charge in [0.05, 0.1) is 5.69 Å². The van der Waals surface area contributed by atoms with Crippen LogP contribution in [0.1, 0.15) is 25.5 Å². The summed E-state index contributed by atoms with van der Waals surface area (Å²) in [5.74, 6) is 0.619. The Kier molecular flexibility index (Phi) is 2.59. The molecule has 6 heteroatoms. The first-order valence-electron chi connectivity index (χ1n) is 6.33. The molecule has 98 valence electrons. The predicted molar refractivity (Wildman–Crippen MR) is 75.8 cm³/mol. The molecule has 0 bridgehead atoms. The number of anilines is 1. The molecule has 18 heavy (non-hydrogen) atoms. The minimum Gasteiger partial charge on any atom is -0.369 e. The third-order valence-corrected chi connectivity index (χ3v) is 5.25. The molecule has 0 aliphatic heterocycles. The van der Waals surface area contributed by atoms with E-state index in [1.165, 1.54) is 12.8 Å². The standard InChI is InChI=1S/C12H19N5S/c1-4-8-9-10(16(2)15-8)17(11(13)14-9)7-12(18-3)5-6-12/h4-7H2,1-3H3,(H2,13,14). The lowest BCUT2D eigenvalue weighted by atomic mass is 10.3. The van der Waals surface area contributed by atoms with Gasteiger partial charge >= 0.3 is 0 Å². The number of imidazole rings is 1. The van der Waals surface area contributed by atoms with E-state index < -0.39 is 0 Å². The van der Waals surface area contributed by atoms with Crippen molar-refractivity contribution in [1.29, 1.82) is 0 Å². The van der Waals surface area contributed by atoms with Gasteiger partial charge in [0.2, 0.25) is 5.95 Å². The molecule has 3 rings (SSSR count). The van der Waals surface area contributed by atoms with Gasteiger partial charge < -0.3 is 5.73 Å². The van der Waals surface area contributed by atoms with Gasteiger partial charge in [-0.25, -0.2) is 4.98 Å². The molecule has 1 aliphatic carbocycles. The number of aryl methyl sites for hydroxylation is 2. The maximum absolute atomic E-state index is 6.08. The predicted octanol–water partition coefficient (Wildman–Crippen LogP) is 1.81. The van der Waals surface area contributed by atoms with Crippen molar-refractivity contribution in [3.63, 3.8) is 0 Å². The van der Waals surface area contributed by atoms with Crippen molar-refractivity contribution in [3.05, 3.63) is 5.69 Å². The second-order valence-electron chi connectivity index (χ2n) is 5.04. The summed E-state index contributed by atoms with van der Waals surface area (Å²) in [5, 5.41) is 4.52. The SMILES string of the molecule is CCc1nn(C)c2c1nc(N)n2CC1(SC)CC1. The molecule has 2 heterocycles. The fraction of sp³-hybridized carbons (Fsp3) is 0.667. The van der Waals surface area contributed by atoms with Crippen LogP contribution in [0.4, 0.5) is 5.95 Å². The Morgan fingerprint density at radius 2 is 2.17 bits per heavy atom. The number of thioether (sulfide) groups is 1. The van der Waals surface area contributed by atoms with E-state index in [1.54, 1.807) is 0 Å². The van der Waals surface area contributed by atoms with Crippen LogP contribution in [0.15, 0.2) is 0 Å². The summed E-state index contributed by atoms with van der Waals surface area (Å²) in [6.45, 7) is 3.04. The molecule has 0 radical (unpaired) electrons. The van der Waals surface area contributed by atoms with Gasteiger partial charge in [0, 0.05) is 18.3 Å². The number of hydrogen-bond acceptors (Lipinski definition) is 4. The van der Waals surface area contributed by atoms with Gasteiger partial charge in [0.25, 0.3) is 0 Å². The van der Waals surface area contributed by atoms with Crippen LogP contribution >= 0.6 is 11.8 Å². The van der Waals surface area contributed by atoms with Crippen molar-refractivity contribution in [2.24, 2.45) is 7.05 Å². The fourth-order valence-electron chi connectivity index (χ4n) is 2.51. The van der Waals surface area contributed by atoms with E-state index in [2.05, 4.69) is 27.8 Å². The maximum Gasteiger partial charge on any atom is 0.202 e. The van der Waals surface area contributed by atoms with Gasteiger partial charge in [0.15, 0.2) is 5.65 Å². The molecule has 1 aliphatic rings. The highest BCUT2D eigenvalue weighted by Gasteiger charge is 2.43. The second-order valence-corrected chi connectivity index (χ2v) is 6.31. The summed E-state index contributed by atoms with van der Waals surface area (Å²) in [7, 11) is 1.97. The topological polar surface area (TPSA) is 61.7 Å². The van der Waals surface area contributed by atoms with Gasteiger partial charge in [0.1, 0.15) is 5.52 Å². The van der Waals surface area contributed by atoms with E-state index >= 15 is 0 Å². The zero-order valence-corrected chi connectivity index (χ0v) is 11.9. The van der Waals surface area contributed by atoms with Crippen LogP contribution in [-0.2, 0) is 20.0 Å². The van der Waals surface area contributed by atoms with Crippen molar-refractivity contribution in [3.8, 4) is 0 Å². The molecular weight excluding hydrogens is 246 g/mol. The molecule has 5 nitrogen and oxygen atoms in total. The van der Waals surface area contributed by atoms with E-state index in [0.29, 0.717) is 10.7 Å². The minimum absolute atomic E-state index is 0.373. The van der Waals surface area contributed by atoms with Crippen LogP contribution in [0.3, 0.4) is 0 Å². The summed E-state index contributed by atoms with van der Waals surface area (Å²) in [6, 6.07) is 0. The number of nitrogens with zero attached hydrogens (tertiary/aromatic N) is 4. The van der Waals surface area contributed by atoms with E-state index in [9.17, 15) is 0 Å². The minimum atomic E-state index is 0.373. The highest BCUT2D eigenvalue weighted by Crippen LogP contribution is 2.49. The first kappa shape index (κ1) is 11.9. The normalized spacial score (nSPS) is 17.5. The summed E-state index contributed by atoms with van der Waals surface area (Å²) in [6.07, 6.45) is 5.61. The zero-order valence-electron chi connectivity index (χ0n) is 11.1. The molecule has 1 saturated carbocycles. The Balaban J connectivity index is 2.10. The first-order chi connectivity index (χ1) is 8.60. The molecule has 1 fully saturated rings. The van der Waals surface area contributed by atoms with Crippen molar-refractivity contribution < 1.29 is 0 Å². The molecule has 0 unspecified atom stereocenters. The van der Waals surface area contributed by atoms with Gasteiger partial charge in [-0.2, -0.15) is 16.9 Å². The van der Waals surface area contributed by atoms with Crippen LogP contribution in [0.25, 0.3) is 11.2 Å². The van der Waals surface area contributed by atoms with Crippen LogP contribution in [0, 0.1) is 0 Å². The summed E-state index contributed by atoms with van der Waals surface area (Å²) < 4.78 is 4.41. The highest BCUT2D eigenvalue weighted by atomic mass is 32.2. The lowest BCUT2D eigenvalue weighted by Gasteiger charge is -2.14. The average molecular weight is 265 g/mol. The average Bonchev–Trinajstić information content (AvgIpc) is 2.98. The fourth-order valence-corrected chi connectivity index (χ4v) is 3.28. The Labute approximate surface area is 111 Å². The smallest absolute Gasteiger partial charge is 0.202 e. The van der Waals surface area contributed by atoms with Crippen molar-refractivity contribution in [2.45, 2.75) is 37.5 Å². The highest BCUT2D eigenvalue weighted by molar-refractivity contribution is 8.00. The van der Waals surface area contributed by atoms with Gasteiger partial charge in [-0.1, -0.05) is 6.92 Å². The Morgan fingerprint density at radius 1 is 1.44 bits per heavy atom. The number of rotatable bonds is 4. The van der Waals surface area contributed by atoms with Crippen LogP contribution in [0.5, 0.6) is 0 Å². The molecule has 2 aromatic heterocycles. The number of nitrogens with two attached hydrogens (primary N) is 1. The molecule has 0 saturated heterocycles. The molecular formula is C12H19N5S. The molecule has 0 spiro atoms.